The Kier molecular flexibility index (Phi) is 2.64. The van der Waals surface area contributed by atoms with E-state index in [0.717, 1.165) is 25.3 Å². The van der Waals surface area contributed by atoms with Crippen LogP contribution in [0, 0.1) is 5.92 Å². The van der Waals surface area contributed by atoms with Gasteiger partial charge in [0.05, 0.1) is 7.11 Å². The van der Waals surface area contributed by atoms with Gasteiger partial charge in [-0.3, -0.25) is 4.79 Å². The predicted octanol–water partition coefficient (Wildman–Crippen LogP) is 0.723. The number of piperidine rings is 2. The number of rotatable bonds is 1. The van der Waals surface area contributed by atoms with Crippen LogP contribution in [0.2, 0.25) is 0 Å². The van der Waals surface area contributed by atoms with Gasteiger partial charge in [0.15, 0.2) is 0 Å². The second-order valence-corrected chi connectivity index (χ2v) is 3.56. The van der Waals surface area contributed by atoms with Crippen molar-refractivity contribution in [3.8, 4) is 0 Å². The fraction of sp³-hybridized carbons (Fsp3) is 0.875. The first kappa shape index (κ1) is 9.81. The van der Waals surface area contributed by atoms with Crippen molar-refractivity contribution in [2.45, 2.75) is 24.8 Å². The fourth-order valence-electron chi connectivity index (χ4n) is 2.22. The van der Waals surface area contributed by atoms with Gasteiger partial charge in [-0.05, 0) is 31.7 Å². The van der Waals surface area contributed by atoms with E-state index in [-0.39, 0.29) is 23.9 Å². The van der Waals surface area contributed by atoms with Crippen molar-refractivity contribution < 1.29 is 9.53 Å². The van der Waals surface area contributed by atoms with E-state index in [1.165, 1.54) is 13.5 Å². The molecular weight excluding hydrogens is 178 g/mol. The Morgan fingerprint density at radius 3 is 2.67 bits per heavy atom. The minimum absolute atomic E-state index is 0. The topological polar surface area (TPSA) is 38.3 Å². The van der Waals surface area contributed by atoms with Crippen LogP contribution in [0.5, 0.6) is 0 Å². The highest BCUT2D eigenvalue weighted by Crippen LogP contribution is 2.43. The van der Waals surface area contributed by atoms with E-state index in [2.05, 4.69) is 5.32 Å². The van der Waals surface area contributed by atoms with Crippen molar-refractivity contribution >= 4 is 18.4 Å². The molecule has 0 aromatic rings. The average Bonchev–Trinajstić information content (AvgIpc) is 2.02. The maximum atomic E-state index is 11.2. The highest BCUT2D eigenvalue weighted by molar-refractivity contribution is 5.85. The van der Waals surface area contributed by atoms with Gasteiger partial charge < -0.3 is 10.1 Å². The van der Waals surface area contributed by atoms with Crippen LogP contribution in [0.1, 0.15) is 19.3 Å². The lowest BCUT2D eigenvalue weighted by atomic mass is 9.64. The molecule has 0 unspecified atom stereocenters. The molecule has 0 amide bonds. The molecule has 2 bridgehead atoms. The summed E-state index contributed by atoms with van der Waals surface area (Å²) in [6, 6.07) is 0. The van der Waals surface area contributed by atoms with Crippen molar-refractivity contribution in [2.24, 2.45) is 5.92 Å². The molecule has 1 aliphatic carbocycles. The van der Waals surface area contributed by atoms with Crippen LogP contribution >= 0.6 is 12.4 Å². The lowest BCUT2D eigenvalue weighted by molar-refractivity contribution is -0.157. The number of hydrogen-bond donors (Lipinski definition) is 1. The van der Waals surface area contributed by atoms with Gasteiger partial charge in [-0.2, -0.15) is 0 Å². The van der Waals surface area contributed by atoms with Crippen LogP contribution in [0.25, 0.3) is 0 Å². The van der Waals surface area contributed by atoms with Gasteiger partial charge in [-0.15, -0.1) is 12.4 Å². The molecule has 3 rings (SSSR count). The van der Waals surface area contributed by atoms with Gasteiger partial charge >= 0.3 is 5.97 Å². The third-order valence-electron chi connectivity index (χ3n) is 2.87. The summed E-state index contributed by atoms with van der Waals surface area (Å²) in [7, 11) is 1.46. The van der Waals surface area contributed by atoms with E-state index < -0.39 is 0 Å². The van der Waals surface area contributed by atoms with Crippen LogP contribution in [-0.2, 0) is 9.53 Å². The molecule has 1 N–H and O–H groups in total. The van der Waals surface area contributed by atoms with Crippen LogP contribution in [0.3, 0.4) is 0 Å². The highest BCUT2D eigenvalue weighted by atomic mass is 35.5. The van der Waals surface area contributed by atoms with E-state index in [4.69, 9.17) is 4.74 Å². The van der Waals surface area contributed by atoms with Gasteiger partial charge in [-0.1, -0.05) is 0 Å². The number of carbonyl (C=O) groups is 1. The van der Waals surface area contributed by atoms with Crippen LogP contribution in [0.15, 0.2) is 0 Å². The smallest absolute Gasteiger partial charge is 0.326 e. The highest BCUT2D eigenvalue weighted by Gasteiger charge is 2.53. The molecule has 1 saturated carbocycles. The molecule has 4 heteroatoms. The van der Waals surface area contributed by atoms with E-state index in [1.807, 2.05) is 0 Å². The van der Waals surface area contributed by atoms with Crippen LogP contribution in [-0.4, -0.2) is 25.2 Å². The van der Waals surface area contributed by atoms with Gasteiger partial charge in [0.25, 0.3) is 0 Å². The number of ether oxygens (including phenoxy) is 1. The Balaban J connectivity index is 0.000000720. The molecule has 2 heterocycles. The maximum Gasteiger partial charge on any atom is 0.326 e. The Bertz CT molecular complexity index is 184. The average molecular weight is 192 g/mol. The van der Waals surface area contributed by atoms with E-state index in [1.54, 1.807) is 0 Å². The molecule has 0 radical (unpaired) electrons. The monoisotopic (exact) mass is 191 g/mol. The largest absolute Gasteiger partial charge is 0.468 e. The summed E-state index contributed by atoms with van der Waals surface area (Å²) >= 11 is 0. The lowest BCUT2D eigenvalue weighted by Gasteiger charge is -2.50. The quantitative estimate of drug-likeness (QED) is 0.621. The number of fused-ring (bicyclic) bond motifs is 2. The number of hydrogen-bond acceptors (Lipinski definition) is 3. The van der Waals surface area contributed by atoms with E-state index in [0.29, 0.717) is 0 Å². The van der Waals surface area contributed by atoms with Gasteiger partial charge in [0.2, 0.25) is 0 Å². The first-order chi connectivity index (χ1) is 5.27. The summed E-state index contributed by atoms with van der Waals surface area (Å²) in [5, 5.41) is 3.24. The maximum absolute atomic E-state index is 11.2. The molecule has 70 valence electrons. The standard InChI is InChI=1S/C8H13NO2.ClH/c1-11-7(10)8-4-6(5-8)2-3-9-8;/h6,9H,2-5H2,1H3;1H. The SMILES string of the molecule is COC(=O)C12CC(CCN1)C2.Cl. The zero-order valence-corrected chi connectivity index (χ0v) is 7.95. The summed E-state index contributed by atoms with van der Waals surface area (Å²) in [6.07, 6.45) is 3.19. The summed E-state index contributed by atoms with van der Waals surface area (Å²) in [5.74, 6) is 0.698. The number of esters is 1. The van der Waals surface area contributed by atoms with E-state index in [9.17, 15) is 4.79 Å². The van der Waals surface area contributed by atoms with Crippen molar-refractivity contribution in [1.29, 1.82) is 0 Å². The normalized spacial score (nSPS) is 37.6. The zero-order valence-electron chi connectivity index (χ0n) is 7.13. The predicted molar refractivity (Wildman–Crippen MR) is 47.3 cm³/mol. The molecule has 3 nitrogen and oxygen atoms in total. The second-order valence-electron chi connectivity index (χ2n) is 3.56. The third-order valence-corrected chi connectivity index (χ3v) is 2.87. The van der Waals surface area contributed by atoms with Crippen molar-refractivity contribution in [3.05, 3.63) is 0 Å². The minimum Gasteiger partial charge on any atom is -0.468 e. The summed E-state index contributed by atoms with van der Waals surface area (Å²) in [5.41, 5.74) is -0.280. The molecule has 0 atom stereocenters. The summed E-state index contributed by atoms with van der Waals surface area (Å²) < 4.78 is 4.73. The summed E-state index contributed by atoms with van der Waals surface area (Å²) in [4.78, 5) is 11.2. The molecular formula is C8H14ClNO2. The van der Waals surface area contributed by atoms with Gasteiger partial charge in [0.1, 0.15) is 5.54 Å². The third kappa shape index (κ3) is 1.21. The second kappa shape index (κ2) is 3.23. The number of methoxy groups -OCH3 is 1. The molecule has 0 aromatic heterocycles. The zero-order chi connectivity index (χ0) is 7.90. The van der Waals surface area contributed by atoms with Crippen LogP contribution < -0.4 is 5.32 Å². The molecule has 2 aliphatic heterocycles. The van der Waals surface area contributed by atoms with Gasteiger partial charge in [0, 0.05) is 0 Å². The number of carbonyl (C=O) groups excluding carboxylic acids is 1. The Morgan fingerprint density at radius 2 is 2.25 bits per heavy atom. The molecule has 3 aliphatic rings. The molecule has 12 heavy (non-hydrogen) atoms. The molecule has 0 aromatic carbocycles. The first-order valence-corrected chi connectivity index (χ1v) is 4.10. The summed E-state index contributed by atoms with van der Waals surface area (Å²) in [6.45, 7) is 0.972. The lowest BCUT2D eigenvalue weighted by Crippen LogP contribution is -2.65. The van der Waals surface area contributed by atoms with E-state index >= 15 is 0 Å². The van der Waals surface area contributed by atoms with Gasteiger partial charge in [-0.25, -0.2) is 0 Å². The first-order valence-electron chi connectivity index (χ1n) is 4.10. The number of nitrogens with one attached hydrogen (secondary N) is 1. The van der Waals surface area contributed by atoms with Crippen molar-refractivity contribution in [1.82, 2.24) is 5.32 Å². The number of halogens is 1. The molecule has 0 spiro atoms. The Hall–Kier alpha value is -0.280. The Morgan fingerprint density at radius 1 is 1.58 bits per heavy atom. The molecule has 3 fully saturated rings. The molecule has 2 saturated heterocycles. The van der Waals surface area contributed by atoms with Crippen LogP contribution in [0.4, 0.5) is 0 Å². The van der Waals surface area contributed by atoms with Crippen molar-refractivity contribution in [2.75, 3.05) is 13.7 Å². The Labute approximate surface area is 78.3 Å². The minimum atomic E-state index is -0.280. The fourth-order valence-corrected chi connectivity index (χ4v) is 2.22. The van der Waals surface area contributed by atoms with Crippen molar-refractivity contribution in [3.63, 3.8) is 0 Å².